The summed E-state index contributed by atoms with van der Waals surface area (Å²) in [7, 11) is 0. The first-order chi connectivity index (χ1) is 9.76. The number of nitrogens with one attached hydrogen (secondary N) is 2. The molecule has 0 aliphatic carbocycles. The van der Waals surface area contributed by atoms with Crippen LogP contribution in [0, 0.1) is 11.3 Å². The summed E-state index contributed by atoms with van der Waals surface area (Å²) >= 11 is 0. The molecule has 2 aromatic carbocycles. The van der Waals surface area contributed by atoms with E-state index in [4.69, 9.17) is 5.26 Å². The lowest BCUT2D eigenvalue weighted by molar-refractivity contribution is 1.17. The largest absolute Gasteiger partial charge is 0.326 e. The number of benzene rings is 2. The monoisotopic (exact) mass is 262 g/mol. The summed E-state index contributed by atoms with van der Waals surface area (Å²) in [5.74, 6) is 0.351. The number of aromatic amines is 1. The topological polar surface area (TPSA) is 81.6 Å². The van der Waals surface area contributed by atoms with E-state index in [1.54, 1.807) is 42.5 Å². The van der Waals surface area contributed by atoms with Crippen molar-refractivity contribution in [1.82, 2.24) is 9.97 Å². The number of nitriles is 1. The third kappa shape index (κ3) is 2.22. The molecule has 2 N–H and O–H groups in total. The van der Waals surface area contributed by atoms with Crippen molar-refractivity contribution in [2.75, 3.05) is 5.32 Å². The number of hydrogen-bond acceptors (Lipinski definition) is 4. The van der Waals surface area contributed by atoms with Crippen LogP contribution < -0.4 is 10.9 Å². The Morgan fingerprint density at radius 1 is 1.15 bits per heavy atom. The van der Waals surface area contributed by atoms with Crippen molar-refractivity contribution >= 4 is 22.5 Å². The maximum absolute atomic E-state index is 11.9. The molecule has 5 heteroatoms. The standard InChI is InChI=1S/C15H10N4O/c16-9-10-4-3-5-11(8-10)17-15-18-13-7-2-1-6-12(13)14(20)19-15/h1-8H,(H2,17,18,19,20). The molecule has 0 atom stereocenters. The Morgan fingerprint density at radius 3 is 2.85 bits per heavy atom. The van der Waals surface area contributed by atoms with Crippen molar-refractivity contribution in [1.29, 1.82) is 5.26 Å². The molecule has 1 aromatic heterocycles. The van der Waals surface area contributed by atoms with E-state index in [2.05, 4.69) is 21.4 Å². The average molecular weight is 262 g/mol. The van der Waals surface area contributed by atoms with Crippen molar-refractivity contribution in [2.45, 2.75) is 0 Å². The molecule has 1 heterocycles. The fourth-order valence-electron chi connectivity index (χ4n) is 1.95. The highest BCUT2D eigenvalue weighted by molar-refractivity contribution is 5.78. The van der Waals surface area contributed by atoms with Crippen molar-refractivity contribution in [2.24, 2.45) is 0 Å². The van der Waals surface area contributed by atoms with Gasteiger partial charge in [-0.15, -0.1) is 0 Å². The van der Waals surface area contributed by atoms with Gasteiger partial charge in [0.2, 0.25) is 5.95 Å². The minimum absolute atomic E-state index is 0.200. The summed E-state index contributed by atoms with van der Waals surface area (Å²) in [6.45, 7) is 0. The number of rotatable bonds is 2. The predicted octanol–water partition coefficient (Wildman–Crippen LogP) is 2.54. The second kappa shape index (κ2) is 4.86. The number of hydrogen-bond donors (Lipinski definition) is 2. The van der Waals surface area contributed by atoms with E-state index in [0.29, 0.717) is 28.1 Å². The van der Waals surface area contributed by atoms with Crippen molar-refractivity contribution < 1.29 is 0 Å². The van der Waals surface area contributed by atoms with Crippen LogP contribution in [0.15, 0.2) is 53.3 Å². The van der Waals surface area contributed by atoms with Gasteiger partial charge >= 0.3 is 0 Å². The first-order valence-electron chi connectivity index (χ1n) is 6.02. The van der Waals surface area contributed by atoms with Gasteiger partial charge in [-0.2, -0.15) is 5.26 Å². The minimum atomic E-state index is -0.200. The van der Waals surface area contributed by atoms with E-state index in [1.807, 2.05) is 6.07 Å². The number of para-hydroxylation sites is 1. The molecule has 0 aliphatic rings. The molecule has 0 unspecified atom stereocenters. The lowest BCUT2D eigenvalue weighted by Crippen LogP contribution is -2.11. The van der Waals surface area contributed by atoms with Gasteiger partial charge in [0.25, 0.3) is 5.56 Å². The van der Waals surface area contributed by atoms with Crippen LogP contribution in [0.3, 0.4) is 0 Å². The molecular weight excluding hydrogens is 252 g/mol. The van der Waals surface area contributed by atoms with Crippen molar-refractivity contribution in [3.8, 4) is 6.07 Å². The number of H-pyrrole nitrogens is 1. The average Bonchev–Trinajstić information content (AvgIpc) is 2.47. The molecular formula is C15H10N4O. The van der Waals surface area contributed by atoms with E-state index in [1.165, 1.54) is 0 Å². The van der Waals surface area contributed by atoms with Crippen LogP contribution >= 0.6 is 0 Å². The molecule has 0 fully saturated rings. The second-order valence-electron chi connectivity index (χ2n) is 4.25. The summed E-state index contributed by atoms with van der Waals surface area (Å²) in [6.07, 6.45) is 0. The first kappa shape index (κ1) is 11.9. The molecule has 20 heavy (non-hydrogen) atoms. The Kier molecular flexibility index (Phi) is 2.90. The maximum Gasteiger partial charge on any atom is 0.260 e. The zero-order chi connectivity index (χ0) is 13.9. The van der Waals surface area contributed by atoms with Crippen LogP contribution in [0.25, 0.3) is 10.9 Å². The summed E-state index contributed by atoms with van der Waals surface area (Å²) in [6, 6.07) is 16.2. The van der Waals surface area contributed by atoms with Crippen LogP contribution in [0.1, 0.15) is 5.56 Å². The van der Waals surface area contributed by atoms with Gasteiger partial charge < -0.3 is 5.32 Å². The normalized spacial score (nSPS) is 10.2. The fraction of sp³-hybridized carbons (Fsp3) is 0. The molecule has 3 aromatic rings. The third-order valence-corrected chi connectivity index (χ3v) is 2.87. The fourth-order valence-corrected chi connectivity index (χ4v) is 1.95. The molecule has 0 bridgehead atoms. The van der Waals surface area contributed by atoms with Gasteiger partial charge in [0.1, 0.15) is 0 Å². The number of aromatic nitrogens is 2. The van der Waals surface area contributed by atoms with Gasteiger partial charge in [0.15, 0.2) is 0 Å². The van der Waals surface area contributed by atoms with Crippen LogP contribution in [-0.4, -0.2) is 9.97 Å². The number of fused-ring (bicyclic) bond motifs is 1. The molecule has 5 nitrogen and oxygen atoms in total. The summed E-state index contributed by atoms with van der Waals surface area (Å²) in [5, 5.41) is 12.4. The zero-order valence-corrected chi connectivity index (χ0v) is 10.4. The van der Waals surface area contributed by atoms with Crippen LogP contribution in [-0.2, 0) is 0 Å². The highest BCUT2D eigenvalue weighted by atomic mass is 16.1. The Bertz CT molecular complexity index is 877. The van der Waals surface area contributed by atoms with E-state index in [0.717, 1.165) is 0 Å². The smallest absolute Gasteiger partial charge is 0.260 e. The van der Waals surface area contributed by atoms with Crippen LogP contribution in [0.4, 0.5) is 11.6 Å². The maximum atomic E-state index is 11.9. The van der Waals surface area contributed by atoms with Gasteiger partial charge in [-0.25, -0.2) is 4.98 Å². The SMILES string of the molecule is N#Cc1cccc(Nc2nc3ccccc3c(=O)[nH]2)c1. The molecule has 0 saturated heterocycles. The van der Waals surface area contributed by atoms with E-state index in [-0.39, 0.29) is 5.56 Å². The quantitative estimate of drug-likeness (QED) is 0.743. The number of nitrogens with zero attached hydrogens (tertiary/aromatic N) is 2. The molecule has 0 spiro atoms. The van der Waals surface area contributed by atoms with Gasteiger partial charge in [-0.1, -0.05) is 18.2 Å². The lowest BCUT2D eigenvalue weighted by atomic mass is 10.2. The first-order valence-corrected chi connectivity index (χ1v) is 6.02. The third-order valence-electron chi connectivity index (χ3n) is 2.87. The molecule has 0 radical (unpaired) electrons. The van der Waals surface area contributed by atoms with E-state index < -0.39 is 0 Å². The second-order valence-corrected chi connectivity index (χ2v) is 4.25. The van der Waals surface area contributed by atoms with Crippen LogP contribution in [0.2, 0.25) is 0 Å². The molecule has 96 valence electrons. The Morgan fingerprint density at radius 2 is 2.00 bits per heavy atom. The van der Waals surface area contributed by atoms with E-state index >= 15 is 0 Å². The van der Waals surface area contributed by atoms with Crippen LogP contribution in [0.5, 0.6) is 0 Å². The molecule has 0 aliphatic heterocycles. The Hall–Kier alpha value is -3.13. The van der Waals surface area contributed by atoms with Gasteiger partial charge in [0, 0.05) is 5.69 Å². The Labute approximate surface area is 114 Å². The molecule has 0 amide bonds. The predicted molar refractivity (Wildman–Crippen MR) is 76.8 cm³/mol. The Balaban J connectivity index is 2.03. The van der Waals surface area contributed by atoms with Crippen molar-refractivity contribution in [3.05, 3.63) is 64.4 Å². The zero-order valence-electron chi connectivity index (χ0n) is 10.4. The highest BCUT2D eigenvalue weighted by Crippen LogP contribution is 2.15. The summed E-state index contributed by atoms with van der Waals surface area (Å²) in [4.78, 5) is 18.9. The van der Waals surface area contributed by atoms with E-state index in [9.17, 15) is 4.79 Å². The van der Waals surface area contributed by atoms with Crippen molar-refractivity contribution in [3.63, 3.8) is 0 Å². The van der Waals surface area contributed by atoms with Gasteiger partial charge in [-0.05, 0) is 30.3 Å². The lowest BCUT2D eigenvalue weighted by Gasteiger charge is -2.06. The summed E-state index contributed by atoms with van der Waals surface area (Å²) < 4.78 is 0. The number of anilines is 2. The highest BCUT2D eigenvalue weighted by Gasteiger charge is 2.03. The molecule has 3 rings (SSSR count). The summed E-state index contributed by atoms with van der Waals surface area (Å²) in [5.41, 5.74) is 1.66. The van der Waals surface area contributed by atoms with Gasteiger partial charge in [-0.3, -0.25) is 9.78 Å². The molecule has 0 saturated carbocycles. The minimum Gasteiger partial charge on any atom is -0.326 e. The van der Waals surface area contributed by atoms with Gasteiger partial charge in [0.05, 0.1) is 22.5 Å².